The molecule has 2 rings (SSSR count). The van der Waals surface area contributed by atoms with Crippen LogP contribution < -0.4 is 9.64 Å². The van der Waals surface area contributed by atoms with Gasteiger partial charge in [-0.1, -0.05) is 0 Å². The summed E-state index contributed by atoms with van der Waals surface area (Å²) in [6, 6.07) is 3.58. The highest BCUT2D eigenvalue weighted by Crippen LogP contribution is 2.30. The van der Waals surface area contributed by atoms with Crippen molar-refractivity contribution in [3.05, 3.63) is 17.8 Å². The molecule has 18 heavy (non-hydrogen) atoms. The molecule has 94 valence electrons. The molecular weight excluding hydrogens is 234 g/mol. The van der Waals surface area contributed by atoms with Gasteiger partial charge in [-0.15, -0.1) is 0 Å². The van der Waals surface area contributed by atoms with E-state index in [1.165, 1.54) is 18.2 Å². The lowest BCUT2D eigenvalue weighted by Gasteiger charge is -2.17. The number of aliphatic hydroxyl groups is 1. The topological polar surface area (TPSA) is 86.5 Å². The van der Waals surface area contributed by atoms with Crippen molar-refractivity contribution in [3.63, 3.8) is 0 Å². The Hall–Kier alpha value is -2.13. The molecule has 1 amide bonds. The number of nitrogens with zero attached hydrogens (tertiary/aromatic N) is 3. The van der Waals surface area contributed by atoms with E-state index < -0.39 is 0 Å². The van der Waals surface area contributed by atoms with E-state index in [1.807, 2.05) is 6.07 Å². The summed E-state index contributed by atoms with van der Waals surface area (Å²) in [4.78, 5) is 17.3. The van der Waals surface area contributed by atoms with Gasteiger partial charge in [0.05, 0.1) is 7.11 Å². The fourth-order valence-corrected chi connectivity index (χ4v) is 2.02. The van der Waals surface area contributed by atoms with Gasteiger partial charge in [-0.3, -0.25) is 9.69 Å². The second-order valence-corrected chi connectivity index (χ2v) is 4.08. The zero-order chi connectivity index (χ0) is 13.1. The zero-order valence-corrected chi connectivity index (χ0v) is 9.96. The Labute approximate surface area is 104 Å². The van der Waals surface area contributed by atoms with Crippen LogP contribution in [0.4, 0.5) is 5.82 Å². The van der Waals surface area contributed by atoms with Gasteiger partial charge in [-0.2, -0.15) is 5.26 Å². The van der Waals surface area contributed by atoms with E-state index in [-0.39, 0.29) is 30.4 Å². The van der Waals surface area contributed by atoms with Crippen LogP contribution in [0.5, 0.6) is 5.75 Å². The quantitative estimate of drug-likeness (QED) is 0.830. The Bertz CT molecular complexity index is 510. The number of aromatic nitrogens is 1. The van der Waals surface area contributed by atoms with E-state index in [4.69, 9.17) is 15.1 Å². The summed E-state index contributed by atoms with van der Waals surface area (Å²) in [5, 5.41) is 18.2. The van der Waals surface area contributed by atoms with Gasteiger partial charge in [0, 0.05) is 31.7 Å². The monoisotopic (exact) mass is 247 g/mol. The van der Waals surface area contributed by atoms with E-state index in [2.05, 4.69) is 4.98 Å². The summed E-state index contributed by atoms with van der Waals surface area (Å²) in [6.07, 6.45) is 1.77. The molecule has 6 heteroatoms. The lowest BCUT2D eigenvalue weighted by molar-refractivity contribution is -0.117. The Morgan fingerprint density at radius 2 is 2.50 bits per heavy atom. The molecular formula is C12H13N3O3. The third-order valence-electron chi connectivity index (χ3n) is 2.94. The molecule has 1 aliphatic heterocycles. The lowest BCUT2D eigenvalue weighted by atomic mass is 10.1. The van der Waals surface area contributed by atoms with Gasteiger partial charge in [0.1, 0.15) is 17.4 Å². The molecule has 0 radical (unpaired) electrons. The van der Waals surface area contributed by atoms with Crippen molar-refractivity contribution in [2.24, 2.45) is 5.92 Å². The maximum atomic E-state index is 11.8. The van der Waals surface area contributed by atoms with E-state index >= 15 is 0 Å². The number of ether oxygens (including phenoxy) is 1. The number of methoxy groups -OCH3 is 1. The molecule has 1 fully saturated rings. The summed E-state index contributed by atoms with van der Waals surface area (Å²) < 4.78 is 5.08. The smallest absolute Gasteiger partial charge is 0.228 e. The molecule has 0 spiro atoms. The maximum Gasteiger partial charge on any atom is 0.228 e. The summed E-state index contributed by atoms with van der Waals surface area (Å²) in [5.41, 5.74) is 0.243. The van der Waals surface area contributed by atoms with Crippen LogP contribution >= 0.6 is 0 Å². The van der Waals surface area contributed by atoms with Gasteiger partial charge in [-0.05, 0) is 6.07 Å². The molecule has 1 N–H and O–H groups in total. The molecule has 0 saturated carbocycles. The largest absolute Gasteiger partial charge is 0.495 e. The summed E-state index contributed by atoms with van der Waals surface area (Å²) in [6.45, 7) is 0.332. The predicted octanol–water partition coefficient (Wildman–Crippen LogP) is 0.307. The van der Waals surface area contributed by atoms with Crippen molar-refractivity contribution in [2.45, 2.75) is 6.42 Å². The predicted molar refractivity (Wildman–Crippen MR) is 63.0 cm³/mol. The summed E-state index contributed by atoms with van der Waals surface area (Å²) in [5.74, 6) is 0.462. The van der Waals surface area contributed by atoms with Crippen LogP contribution in [0.3, 0.4) is 0 Å². The average molecular weight is 247 g/mol. The fraction of sp³-hybridized carbons (Fsp3) is 0.417. The lowest BCUT2D eigenvalue weighted by Crippen LogP contribution is -2.27. The summed E-state index contributed by atoms with van der Waals surface area (Å²) >= 11 is 0. The zero-order valence-electron chi connectivity index (χ0n) is 9.96. The number of rotatable bonds is 3. The third kappa shape index (κ3) is 2.00. The van der Waals surface area contributed by atoms with E-state index in [0.717, 1.165) is 0 Å². The van der Waals surface area contributed by atoms with Gasteiger partial charge in [0.25, 0.3) is 0 Å². The van der Waals surface area contributed by atoms with Crippen LogP contribution in [0.15, 0.2) is 12.3 Å². The molecule has 0 aromatic carbocycles. The number of pyridine rings is 1. The Morgan fingerprint density at radius 1 is 1.72 bits per heavy atom. The van der Waals surface area contributed by atoms with Crippen molar-refractivity contribution in [3.8, 4) is 11.8 Å². The van der Waals surface area contributed by atoms with Gasteiger partial charge in [0.2, 0.25) is 5.91 Å². The molecule has 1 aliphatic rings. The molecule has 1 atom stereocenters. The minimum Gasteiger partial charge on any atom is -0.495 e. The minimum absolute atomic E-state index is 0.0475. The number of hydrogen-bond donors (Lipinski definition) is 1. The van der Waals surface area contributed by atoms with Gasteiger partial charge in [-0.25, -0.2) is 4.98 Å². The number of carbonyl (C=O) groups excluding carboxylic acids is 1. The van der Waals surface area contributed by atoms with Gasteiger partial charge >= 0.3 is 0 Å². The van der Waals surface area contributed by atoms with E-state index in [9.17, 15) is 4.79 Å². The first kappa shape index (κ1) is 12.3. The van der Waals surface area contributed by atoms with Crippen molar-refractivity contribution < 1.29 is 14.6 Å². The Kier molecular flexibility index (Phi) is 3.44. The first-order valence-electron chi connectivity index (χ1n) is 5.55. The van der Waals surface area contributed by atoms with Crippen molar-refractivity contribution >= 4 is 11.7 Å². The van der Waals surface area contributed by atoms with Crippen molar-refractivity contribution in [1.29, 1.82) is 5.26 Å². The van der Waals surface area contributed by atoms with Gasteiger partial charge in [0.15, 0.2) is 5.82 Å². The van der Waals surface area contributed by atoms with Crippen molar-refractivity contribution in [2.75, 3.05) is 25.2 Å². The first-order chi connectivity index (χ1) is 8.71. The minimum atomic E-state index is -0.133. The number of nitriles is 1. The van der Waals surface area contributed by atoms with Crippen LogP contribution in [-0.2, 0) is 4.79 Å². The van der Waals surface area contributed by atoms with Crippen LogP contribution in [0.25, 0.3) is 0 Å². The number of hydrogen-bond acceptors (Lipinski definition) is 5. The highest BCUT2D eigenvalue weighted by atomic mass is 16.5. The normalized spacial score (nSPS) is 18.8. The highest BCUT2D eigenvalue weighted by Gasteiger charge is 2.32. The maximum absolute atomic E-state index is 11.8. The molecule has 1 aromatic rings. The molecule has 6 nitrogen and oxygen atoms in total. The Morgan fingerprint density at radius 3 is 3.06 bits per heavy atom. The highest BCUT2D eigenvalue weighted by molar-refractivity contribution is 5.96. The molecule has 1 aromatic heterocycles. The number of anilines is 1. The standard InChI is InChI=1S/C12H13N3O3/c1-18-10-2-3-14-12(9(10)5-13)15-6-8(7-16)4-11(15)17/h2-3,8,16H,4,6-7H2,1H3. The van der Waals surface area contributed by atoms with Crippen LogP contribution in [0.1, 0.15) is 12.0 Å². The number of amides is 1. The average Bonchev–Trinajstić information content (AvgIpc) is 2.78. The first-order valence-corrected chi connectivity index (χ1v) is 5.55. The molecule has 1 unspecified atom stereocenters. The van der Waals surface area contributed by atoms with Crippen LogP contribution in [-0.4, -0.2) is 36.3 Å². The SMILES string of the molecule is COc1ccnc(N2CC(CO)CC2=O)c1C#N. The summed E-state index contributed by atoms with van der Waals surface area (Å²) in [7, 11) is 1.46. The van der Waals surface area contributed by atoms with Gasteiger partial charge < -0.3 is 9.84 Å². The molecule has 0 bridgehead atoms. The molecule has 2 heterocycles. The Balaban J connectivity index is 2.40. The third-order valence-corrected chi connectivity index (χ3v) is 2.94. The van der Waals surface area contributed by atoms with Crippen LogP contribution in [0, 0.1) is 17.2 Å². The van der Waals surface area contributed by atoms with E-state index in [0.29, 0.717) is 18.1 Å². The molecule has 0 aliphatic carbocycles. The number of carbonyl (C=O) groups is 1. The van der Waals surface area contributed by atoms with Crippen LogP contribution in [0.2, 0.25) is 0 Å². The van der Waals surface area contributed by atoms with E-state index in [1.54, 1.807) is 6.07 Å². The molecule has 1 saturated heterocycles. The van der Waals surface area contributed by atoms with Crippen molar-refractivity contribution in [1.82, 2.24) is 4.98 Å². The second kappa shape index (κ2) is 5.02. The second-order valence-electron chi connectivity index (χ2n) is 4.08. The fourth-order valence-electron chi connectivity index (χ4n) is 2.02. The number of aliphatic hydroxyl groups excluding tert-OH is 1.